The maximum absolute atomic E-state index is 14.5. The van der Waals surface area contributed by atoms with Crippen LogP contribution >= 0.6 is 0 Å². The molecule has 0 bridgehead atoms. The molecule has 6 rings (SSSR count). The number of amides is 1. The van der Waals surface area contributed by atoms with E-state index in [0.29, 0.717) is 22.5 Å². The Morgan fingerprint density at radius 3 is 2.80 bits per heavy atom. The van der Waals surface area contributed by atoms with Gasteiger partial charge in [-0.3, -0.25) is 9.48 Å². The van der Waals surface area contributed by atoms with Crippen molar-refractivity contribution in [3.8, 4) is 0 Å². The zero-order valence-electron chi connectivity index (χ0n) is 19.3. The normalized spacial score (nSPS) is 17.6. The van der Waals surface area contributed by atoms with Crippen LogP contribution in [-0.4, -0.2) is 75.2 Å². The van der Waals surface area contributed by atoms with Crippen molar-refractivity contribution in [3.05, 3.63) is 53.9 Å². The first kappa shape index (κ1) is 22.0. The Morgan fingerprint density at radius 2 is 2.06 bits per heavy atom. The summed E-state index contributed by atoms with van der Waals surface area (Å²) in [6, 6.07) is 4.94. The molecule has 182 valence electrons. The van der Waals surface area contributed by atoms with E-state index in [9.17, 15) is 14.3 Å². The third kappa shape index (κ3) is 4.01. The lowest BCUT2D eigenvalue weighted by molar-refractivity contribution is -0.186. The van der Waals surface area contributed by atoms with Crippen molar-refractivity contribution >= 4 is 33.8 Å². The summed E-state index contributed by atoms with van der Waals surface area (Å²) in [6.07, 6.45) is 5.21. The highest BCUT2D eigenvalue weighted by Gasteiger charge is 2.37. The average molecular weight is 480 g/mol. The number of nitrogens with zero attached hydrogens (tertiary/aromatic N) is 5. The highest BCUT2D eigenvalue weighted by molar-refractivity contribution is 6.13. The van der Waals surface area contributed by atoms with E-state index in [0.717, 1.165) is 37.3 Å². The fourth-order valence-electron chi connectivity index (χ4n) is 4.76. The van der Waals surface area contributed by atoms with Gasteiger partial charge in [-0.05, 0) is 19.1 Å². The number of aryl methyl sites for hydroxylation is 1. The van der Waals surface area contributed by atoms with E-state index in [2.05, 4.69) is 25.6 Å². The van der Waals surface area contributed by atoms with Gasteiger partial charge in [0.05, 0.1) is 36.7 Å². The van der Waals surface area contributed by atoms with Crippen molar-refractivity contribution < 1.29 is 19.0 Å². The number of imidazole rings is 1. The summed E-state index contributed by atoms with van der Waals surface area (Å²) in [6.45, 7) is 5.98. The lowest BCUT2D eigenvalue weighted by Gasteiger charge is -2.35. The fraction of sp³-hybridized carbons (Fsp3) is 0.375. The zero-order chi connectivity index (χ0) is 24.2. The Hall–Kier alpha value is -3.54. The minimum absolute atomic E-state index is 0.208. The summed E-state index contributed by atoms with van der Waals surface area (Å²) in [5, 5.41) is 22.2. The lowest BCUT2D eigenvalue weighted by Crippen LogP contribution is -2.52. The van der Waals surface area contributed by atoms with Crippen LogP contribution in [0.25, 0.3) is 16.6 Å². The Kier molecular flexibility index (Phi) is 5.20. The first-order chi connectivity index (χ1) is 16.9. The second-order valence-electron chi connectivity index (χ2n) is 9.32. The number of piperazine rings is 1. The quantitative estimate of drug-likeness (QED) is 0.399. The molecule has 2 aliphatic heterocycles. The van der Waals surface area contributed by atoms with Gasteiger partial charge in [0.25, 0.3) is 5.91 Å². The Balaban J connectivity index is 1.37. The zero-order valence-corrected chi connectivity index (χ0v) is 19.3. The summed E-state index contributed by atoms with van der Waals surface area (Å²) < 4.78 is 22.9. The van der Waals surface area contributed by atoms with Gasteiger partial charge < -0.3 is 29.8 Å². The smallest absolute Gasteiger partial charge is 0.257 e. The molecular formula is C24H26FN7O3. The molecule has 2 saturated heterocycles. The number of fused-ring (bicyclic) bond motifs is 2. The monoisotopic (exact) mass is 479 g/mol. The number of pyridine rings is 1. The number of aromatic nitrogens is 4. The molecule has 0 atom stereocenters. The highest BCUT2D eigenvalue weighted by Crippen LogP contribution is 2.31. The summed E-state index contributed by atoms with van der Waals surface area (Å²) in [4.78, 5) is 19.7. The molecule has 1 amide bonds. The number of halogens is 1. The third-order valence-electron chi connectivity index (χ3n) is 6.49. The van der Waals surface area contributed by atoms with Crippen LogP contribution in [0.2, 0.25) is 0 Å². The van der Waals surface area contributed by atoms with Crippen molar-refractivity contribution in [2.24, 2.45) is 0 Å². The van der Waals surface area contributed by atoms with Crippen LogP contribution in [0.4, 0.5) is 15.8 Å². The van der Waals surface area contributed by atoms with Gasteiger partial charge in [0.2, 0.25) is 0 Å². The second-order valence-corrected chi connectivity index (χ2v) is 9.32. The molecule has 0 radical (unpaired) electrons. The Bertz CT molecular complexity index is 1440. The fourth-order valence-corrected chi connectivity index (χ4v) is 4.76. The maximum atomic E-state index is 14.5. The number of hydrogen-bond donors (Lipinski definition) is 3. The van der Waals surface area contributed by atoms with Crippen LogP contribution in [0.15, 0.2) is 36.8 Å². The molecule has 4 aromatic rings. The number of carbonyl (C=O) groups excluding carboxylic acids is 1. The molecule has 1 aromatic carbocycles. The molecule has 35 heavy (non-hydrogen) atoms. The maximum Gasteiger partial charge on any atom is 0.257 e. The van der Waals surface area contributed by atoms with Crippen LogP contribution < -0.4 is 15.5 Å². The van der Waals surface area contributed by atoms with Crippen LogP contribution in [0.3, 0.4) is 0 Å². The van der Waals surface area contributed by atoms with Gasteiger partial charge in [0.1, 0.15) is 11.1 Å². The average Bonchev–Trinajstić information content (AvgIpc) is 3.40. The molecule has 5 heterocycles. The number of carbonyl (C=O) groups is 1. The van der Waals surface area contributed by atoms with Gasteiger partial charge in [-0.2, -0.15) is 5.10 Å². The molecule has 3 N–H and O–H groups in total. The van der Waals surface area contributed by atoms with Crippen molar-refractivity contribution in [3.63, 3.8) is 0 Å². The summed E-state index contributed by atoms with van der Waals surface area (Å²) in [5.74, 6) is -0.913. The van der Waals surface area contributed by atoms with E-state index in [-0.39, 0.29) is 25.4 Å². The molecule has 0 unspecified atom stereocenters. The molecule has 0 saturated carbocycles. The standard InChI is InChI=1S/C24H26FN7O3/c1-15-9-31-10-16(8-19(25)22(31)27-15)28-23(33)17-2-3-20(30-6-4-26-5-7-30)18-11-32(29-21(17)18)12-24(34)13-35-14-24/h2-3,8-11,26,34H,4-7,12-14H2,1H3,(H,28,33). The van der Waals surface area contributed by atoms with E-state index in [1.165, 1.54) is 6.07 Å². The number of anilines is 2. The number of benzene rings is 1. The van der Waals surface area contributed by atoms with Crippen molar-refractivity contribution in [1.29, 1.82) is 0 Å². The first-order valence-corrected chi connectivity index (χ1v) is 11.6. The van der Waals surface area contributed by atoms with Gasteiger partial charge >= 0.3 is 0 Å². The summed E-state index contributed by atoms with van der Waals surface area (Å²) in [5.41, 5.74) is 2.13. The van der Waals surface area contributed by atoms with Gasteiger partial charge in [0.15, 0.2) is 11.5 Å². The topological polar surface area (TPSA) is 109 Å². The van der Waals surface area contributed by atoms with Crippen molar-refractivity contribution in [2.75, 3.05) is 49.6 Å². The van der Waals surface area contributed by atoms with Crippen LogP contribution in [0.1, 0.15) is 16.1 Å². The molecule has 0 aliphatic carbocycles. The molecule has 0 spiro atoms. The van der Waals surface area contributed by atoms with Crippen LogP contribution in [-0.2, 0) is 11.3 Å². The minimum atomic E-state index is -0.963. The molecule has 10 nitrogen and oxygen atoms in total. The minimum Gasteiger partial charge on any atom is -0.383 e. The van der Waals surface area contributed by atoms with E-state index >= 15 is 0 Å². The Labute approximate surface area is 200 Å². The third-order valence-corrected chi connectivity index (χ3v) is 6.49. The second kappa shape index (κ2) is 8.29. The lowest BCUT2D eigenvalue weighted by atomic mass is 10.0. The summed E-state index contributed by atoms with van der Waals surface area (Å²) in [7, 11) is 0. The van der Waals surface area contributed by atoms with Crippen molar-refractivity contribution in [2.45, 2.75) is 19.1 Å². The van der Waals surface area contributed by atoms with Crippen LogP contribution in [0.5, 0.6) is 0 Å². The number of rotatable bonds is 5. The SMILES string of the molecule is Cc1cn2cc(NC(=O)c3ccc(N4CCNCC4)c4cn(CC5(O)COC5)nc34)cc(F)c2n1. The number of nitrogens with one attached hydrogen (secondary N) is 2. The predicted molar refractivity (Wildman–Crippen MR) is 128 cm³/mol. The predicted octanol–water partition coefficient (Wildman–Crippen LogP) is 1.55. The van der Waals surface area contributed by atoms with Gasteiger partial charge in [-0.25, -0.2) is 9.37 Å². The van der Waals surface area contributed by atoms with Crippen molar-refractivity contribution in [1.82, 2.24) is 24.5 Å². The first-order valence-electron chi connectivity index (χ1n) is 11.6. The van der Waals surface area contributed by atoms with Gasteiger partial charge in [0, 0.05) is 61.9 Å². The Morgan fingerprint density at radius 1 is 1.26 bits per heavy atom. The molecule has 2 fully saturated rings. The number of hydrogen-bond acceptors (Lipinski definition) is 7. The van der Waals surface area contributed by atoms with E-state index < -0.39 is 17.3 Å². The number of aliphatic hydroxyl groups is 1. The van der Waals surface area contributed by atoms with Gasteiger partial charge in [-0.15, -0.1) is 0 Å². The van der Waals surface area contributed by atoms with Gasteiger partial charge in [-0.1, -0.05) is 0 Å². The summed E-state index contributed by atoms with van der Waals surface area (Å²) >= 11 is 0. The number of ether oxygens (including phenoxy) is 1. The molecular weight excluding hydrogens is 453 g/mol. The molecule has 11 heteroatoms. The highest BCUT2D eigenvalue weighted by atomic mass is 19.1. The van der Waals surface area contributed by atoms with E-state index in [1.54, 1.807) is 34.5 Å². The molecule has 3 aromatic heterocycles. The van der Waals surface area contributed by atoms with Crippen LogP contribution in [0, 0.1) is 12.7 Å². The van der Waals surface area contributed by atoms with E-state index in [4.69, 9.17) is 4.74 Å². The molecule has 2 aliphatic rings. The largest absolute Gasteiger partial charge is 0.383 e. The van der Waals surface area contributed by atoms with E-state index in [1.807, 2.05) is 12.3 Å².